The lowest BCUT2D eigenvalue weighted by Gasteiger charge is -2.23. The van der Waals surface area contributed by atoms with E-state index in [0.717, 1.165) is 25.7 Å². The Bertz CT molecular complexity index is 696. The summed E-state index contributed by atoms with van der Waals surface area (Å²) in [4.78, 5) is 26.2. The second-order valence-corrected chi connectivity index (χ2v) is 7.85. The molecule has 2 aliphatic rings. The van der Waals surface area contributed by atoms with Crippen LogP contribution in [0.5, 0.6) is 0 Å². The average molecular weight is 336 g/mol. The van der Waals surface area contributed by atoms with Crippen LogP contribution in [0.15, 0.2) is 35.2 Å². The Morgan fingerprint density at radius 1 is 1.13 bits per heavy atom. The highest BCUT2D eigenvalue weighted by Gasteiger charge is 2.39. The van der Waals surface area contributed by atoms with Crippen LogP contribution in [0.4, 0.5) is 0 Å². The van der Waals surface area contributed by atoms with Gasteiger partial charge >= 0.3 is 0 Å². The van der Waals surface area contributed by atoms with Crippen LogP contribution in [0.1, 0.15) is 32.1 Å². The van der Waals surface area contributed by atoms with E-state index in [2.05, 4.69) is 4.72 Å². The van der Waals surface area contributed by atoms with Crippen molar-refractivity contribution in [1.29, 1.82) is 0 Å². The van der Waals surface area contributed by atoms with Gasteiger partial charge in [-0.05, 0) is 25.0 Å². The number of nitrogens with zero attached hydrogens (tertiary/aromatic N) is 1. The standard InChI is InChI=1S/C16H20N2O4S/c19-15-10-12(11-18(15)13-6-4-5-7-13)16(20)17-23(21,22)14-8-2-1-3-9-14/h1-3,8-9,12-13H,4-7,10-11H2,(H,17,20)/t12-/m1/s1. The third kappa shape index (κ3) is 3.39. The minimum Gasteiger partial charge on any atom is -0.339 e. The van der Waals surface area contributed by atoms with Gasteiger partial charge in [0.25, 0.3) is 10.0 Å². The molecule has 1 aliphatic carbocycles. The fourth-order valence-electron chi connectivity index (χ4n) is 3.35. The number of likely N-dealkylation sites (tertiary alicyclic amines) is 1. The van der Waals surface area contributed by atoms with Crippen LogP contribution in [0.25, 0.3) is 0 Å². The van der Waals surface area contributed by atoms with Crippen molar-refractivity contribution in [2.75, 3.05) is 6.54 Å². The van der Waals surface area contributed by atoms with E-state index >= 15 is 0 Å². The van der Waals surface area contributed by atoms with Crippen molar-refractivity contribution in [3.05, 3.63) is 30.3 Å². The number of carbonyl (C=O) groups excluding carboxylic acids is 2. The largest absolute Gasteiger partial charge is 0.339 e. The highest BCUT2D eigenvalue weighted by molar-refractivity contribution is 7.90. The summed E-state index contributed by atoms with van der Waals surface area (Å²) in [5.74, 6) is -1.24. The SMILES string of the molecule is O=C(NS(=O)(=O)c1ccccc1)[C@@H]1CC(=O)N(C2CCCC2)C1. The molecule has 0 unspecified atom stereocenters. The molecule has 23 heavy (non-hydrogen) atoms. The van der Waals surface area contributed by atoms with Gasteiger partial charge in [-0.25, -0.2) is 13.1 Å². The van der Waals surface area contributed by atoms with E-state index < -0.39 is 21.8 Å². The first kappa shape index (κ1) is 16.0. The highest BCUT2D eigenvalue weighted by atomic mass is 32.2. The molecular formula is C16H20N2O4S. The van der Waals surface area contributed by atoms with Crippen LogP contribution < -0.4 is 4.72 Å². The van der Waals surface area contributed by atoms with Gasteiger partial charge in [0.2, 0.25) is 11.8 Å². The van der Waals surface area contributed by atoms with Crippen LogP contribution in [0.2, 0.25) is 0 Å². The van der Waals surface area contributed by atoms with Gasteiger partial charge in [0.15, 0.2) is 0 Å². The Balaban J connectivity index is 1.66. The number of sulfonamides is 1. The third-order valence-electron chi connectivity index (χ3n) is 4.58. The van der Waals surface area contributed by atoms with Crippen molar-refractivity contribution in [3.63, 3.8) is 0 Å². The molecule has 124 valence electrons. The quantitative estimate of drug-likeness (QED) is 0.898. The van der Waals surface area contributed by atoms with Crippen molar-refractivity contribution < 1.29 is 18.0 Å². The molecule has 1 saturated carbocycles. The summed E-state index contributed by atoms with van der Waals surface area (Å²) >= 11 is 0. The maximum atomic E-state index is 12.3. The first-order valence-electron chi connectivity index (χ1n) is 7.88. The Morgan fingerprint density at radius 3 is 2.43 bits per heavy atom. The number of rotatable bonds is 4. The van der Waals surface area contributed by atoms with Gasteiger partial charge in [0.05, 0.1) is 10.8 Å². The summed E-state index contributed by atoms with van der Waals surface area (Å²) < 4.78 is 26.5. The van der Waals surface area contributed by atoms with Crippen LogP contribution in [-0.4, -0.2) is 37.7 Å². The van der Waals surface area contributed by atoms with E-state index in [9.17, 15) is 18.0 Å². The molecule has 0 radical (unpaired) electrons. The molecule has 0 spiro atoms. The molecule has 1 aromatic rings. The number of benzene rings is 1. The highest BCUT2D eigenvalue weighted by Crippen LogP contribution is 2.29. The predicted molar refractivity (Wildman–Crippen MR) is 83.8 cm³/mol. The number of hydrogen-bond acceptors (Lipinski definition) is 4. The van der Waals surface area contributed by atoms with Gasteiger partial charge in [-0.1, -0.05) is 31.0 Å². The molecule has 3 rings (SSSR count). The summed E-state index contributed by atoms with van der Waals surface area (Å²) in [6, 6.07) is 7.97. The smallest absolute Gasteiger partial charge is 0.264 e. The van der Waals surface area contributed by atoms with Crippen molar-refractivity contribution >= 4 is 21.8 Å². The lowest BCUT2D eigenvalue weighted by Crippen LogP contribution is -2.38. The molecule has 1 atom stereocenters. The van der Waals surface area contributed by atoms with E-state index in [0.29, 0.717) is 6.54 Å². The Morgan fingerprint density at radius 2 is 1.78 bits per heavy atom. The van der Waals surface area contributed by atoms with Crippen molar-refractivity contribution in [1.82, 2.24) is 9.62 Å². The van der Waals surface area contributed by atoms with Gasteiger partial charge in [0.1, 0.15) is 0 Å². The molecule has 1 heterocycles. The lowest BCUT2D eigenvalue weighted by atomic mass is 10.1. The zero-order chi connectivity index (χ0) is 16.4. The molecule has 0 aromatic heterocycles. The Labute approximate surface area is 135 Å². The molecule has 6 nitrogen and oxygen atoms in total. The maximum Gasteiger partial charge on any atom is 0.264 e. The summed E-state index contributed by atoms with van der Waals surface area (Å²) in [6.45, 7) is 0.319. The average Bonchev–Trinajstić information content (AvgIpc) is 3.17. The summed E-state index contributed by atoms with van der Waals surface area (Å²) in [5.41, 5.74) is 0. The molecule has 1 aromatic carbocycles. The van der Waals surface area contributed by atoms with Gasteiger partial charge in [-0.2, -0.15) is 0 Å². The van der Waals surface area contributed by atoms with E-state index in [-0.39, 0.29) is 23.3 Å². The summed E-state index contributed by atoms with van der Waals surface area (Å²) in [7, 11) is -3.88. The van der Waals surface area contributed by atoms with Crippen molar-refractivity contribution in [2.24, 2.45) is 5.92 Å². The van der Waals surface area contributed by atoms with Crippen molar-refractivity contribution in [2.45, 2.75) is 43.0 Å². The van der Waals surface area contributed by atoms with Crippen LogP contribution in [0, 0.1) is 5.92 Å². The number of hydrogen-bond donors (Lipinski definition) is 1. The van der Waals surface area contributed by atoms with Crippen molar-refractivity contribution in [3.8, 4) is 0 Å². The van der Waals surface area contributed by atoms with Crippen LogP contribution >= 0.6 is 0 Å². The second kappa shape index (κ2) is 6.31. The topological polar surface area (TPSA) is 83.5 Å². The number of carbonyl (C=O) groups is 2. The molecule has 1 N–H and O–H groups in total. The molecular weight excluding hydrogens is 316 g/mol. The Hall–Kier alpha value is -1.89. The minimum absolute atomic E-state index is 0.0466. The van der Waals surface area contributed by atoms with E-state index in [1.165, 1.54) is 12.1 Å². The van der Waals surface area contributed by atoms with Crippen LogP contribution in [0.3, 0.4) is 0 Å². The minimum atomic E-state index is -3.88. The van der Waals surface area contributed by atoms with E-state index in [4.69, 9.17) is 0 Å². The third-order valence-corrected chi connectivity index (χ3v) is 5.95. The van der Waals surface area contributed by atoms with Gasteiger partial charge < -0.3 is 4.90 Å². The van der Waals surface area contributed by atoms with Gasteiger partial charge in [-0.15, -0.1) is 0 Å². The van der Waals surface area contributed by atoms with Gasteiger partial charge in [0, 0.05) is 19.0 Å². The first-order valence-corrected chi connectivity index (χ1v) is 9.37. The molecule has 7 heteroatoms. The van der Waals surface area contributed by atoms with E-state index in [1.54, 1.807) is 23.1 Å². The fourth-order valence-corrected chi connectivity index (χ4v) is 4.42. The molecule has 0 bridgehead atoms. The summed E-state index contributed by atoms with van der Waals surface area (Å²) in [5, 5.41) is 0. The molecule has 2 amide bonds. The molecule has 1 aliphatic heterocycles. The van der Waals surface area contributed by atoms with Crippen LogP contribution in [-0.2, 0) is 19.6 Å². The molecule has 2 fully saturated rings. The fraction of sp³-hybridized carbons (Fsp3) is 0.500. The van der Waals surface area contributed by atoms with E-state index in [1.807, 2.05) is 0 Å². The molecule has 1 saturated heterocycles. The van der Waals surface area contributed by atoms with Gasteiger partial charge in [-0.3, -0.25) is 9.59 Å². The lowest BCUT2D eigenvalue weighted by molar-refractivity contribution is -0.130. The number of nitrogens with one attached hydrogen (secondary N) is 1. The predicted octanol–water partition coefficient (Wildman–Crippen LogP) is 1.28. The summed E-state index contributed by atoms with van der Waals surface area (Å²) in [6.07, 6.45) is 4.25. The Kier molecular flexibility index (Phi) is 4.39. The first-order chi connectivity index (χ1) is 11.0. The monoisotopic (exact) mass is 336 g/mol. The zero-order valence-corrected chi connectivity index (χ0v) is 13.6. The second-order valence-electron chi connectivity index (χ2n) is 6.17. The normalized spacial score (nSPS) is 22.5. The number of amides is 2. The zero-order valence-electron chi connectivity index (χ0n) is 12.8. The maximum absolute atomic E-state index is 12.3.